The molecule has 2 heterocycles. The van der Waals surface area contributed by atoms with E-state index in [1.54, 1.807) is 6.92 Å². The third-order valence-electron chi connectivity index (χ3n) is 3.60. The number of hydrogen-bond acceptors (Lipinski definition) is 5. The van der Waals surface area contributed by atoms with Crippen LogP contribution < -0.4 is 0 Å². The number of aliphatic hydroxyl groups is 1. The van der Waals surface area contributed by atoms with Gasteiger partial charge < -0.3 is 9.52 Å². The number of β-amino-alcohol motifs (C(OH)–C–C–N with tert-alkyl or cyclic N) is 1. The Labute approximate surface area is 120 Å². The molecule has 0 amide bonds. The molecule has 1 N–H and O–H groups in total. The van der Waals surface area contributed by atoms with Gasteiger partial charge in [0.1, 0.15) is 11.6 Å². The first-order chi connectivity index (χ1) is 10.0. The van der Waals surface area contributed by atoms with Crippen LogP contribution in [0.2, 0.25) is 0 Å². The molecule has 0 aliphatic carbocycles. The van der Waals surface area contributed by atoms with Gasteiger partial charge in [0.25, 0.3) is 0 Å². The van der Waals surface area contributed by atoms with Crippen molar-refractivity contribution in [1.82, 2.24) is 15.1 Å². The Morgan fingerprint density at radius 2 is 2.19 bits per heavy atom. The molecule has 1 aromatic heterocycles. The van der Waals surface area contributed by atoms with Crippen molar-refractivity contribution in [3.63, 3.8) is 0 Å². The molecule has 0 spiro atoms. The maximum Gasteiger partial charge on any atom is 0.230 e. The number of aromatic nitrogens is 2. The number of aliphatic hydroxyl groups excluding tert-OH is 1. The van der Waals surface area contributed by atoms with Crippen LogP contribution in [0.1, 0.15) is 29.8 Å². The molecule has 2 aromatic rings. The van der Waals surface area contributed by atoms with Crippen molar-refractivity contribution < 1.29 is 18.3 Å². The molecule has 1 aromatic carbocycles. The van der Waals surface area contributed by atoms with Gasteiger partial charge in [-0.2, -0.15) is 0 Å². The Morgan fingerprint density at radius 3 is 2.90 bits per heavy atom. The monoisotopic (exact) mass is 295 g/mol. The Balaban J connectivity index is 1.86. The van der Waals surface area contributed by atoms with E-state index in [0.29, 0.717) is 31.3 Å². The first-order valence-electron chi connectivity index (χ1n) is 6.69. The van der Waals surface area contributed by atoms with Crippen molar-refractivity contribution in [1.29, 1.82) is 0 Å². The topological polar surface area (TPSA) is 62.4 Å². The molecule has 1 aliphatic rings. The first-order valence-corrected chi connectivity index (χ1v) is 6.69. The van der Waals surface area contributed by atoms with E-state index in [-0.39, 0.29) is 5.56 Å². The van der Waals surface area contributed by atoms with Crippen LogP contribution >= 0.6 is 0 Å². The molecule has 21 heavy (non-hydrogen) atoms. The quantitative estimate of drug-likeness (QED) is 0.938. The van der Waals surface area contributed by atoms with E-state index in [1.165, 1.54) is 6.07 Å². The van der Waals surface area contributed by atoms with Crippen molar-refractivity contribution in [2.75, 3.05) is 6.54 Å². The molecular formula is C14H15F2N3O2. The van der Waals surface area contributed by atoms with Crippen molar-refractivity contribution in [3.8, 4) is 0 Å². The number of likely N-dealkylation sites (tertiary alicyclic amines) is 1. The van der Waals surface area contributed by atoms with Gasteiger partial charge in [0.05, 0.1) is 12.6 Å². The van der Waals surface area contributed by atoms with Crippen molar-refractivity contribution in [2.24, 2.45) is 0 Å². The minimum atomic E-state index is -0.596. The minimum Gasteiger partial charge on any atom is -0.424 e. The fourth-order valence-corrected chi connectivity index (χ4v) is 2.72. The maximum absolute atomic E-state index is 13.9. The molecular weight excluding hydrogens is 280 g/mol. The Morgan fingerprint density at radius 1 is 1.38 bits per heavy atom. The van der Waals surface area contributed by atoms with Crippen LogP contribution in [0.5, 0.6) is 0 Å². The van der Waals surface area contributed by atoms with E-state index in [0.717, 1.165) is 12.1 Å². The molecule has 0 unspecified atom stereocenters. The van der Waals surface area contributed by atoms with Crippen LogP contribution in [-0.2, 0) is 6.54 Å². The molecule has 112 valence electrons. The van der Waals surface area contributed by atoms with Crippen molar-refractivity contribution in [3.05, 3.63) is 47.2 Å². The summed E-state index contributed by atoms with van der Waals surface area (Å²) in [7, 11) is 0. The fraction of sp³-hybridized carbons (Fsp3) is 0.429. The SMILES string of the molecule is Cc1nnc(CN2C[C@@H](O)C[C@@H]2c2cc(F)ccc2F)o1. The Kier molecular flexibility index (Phi) is 3.69. The second-order valence-electron chi connectivity index (χ2n) is 5.22. The van der Waals surface area contributed by atoms with Gasteiger partial charge in [-0.3, -0.25) is 4.90 Å². The molecule has 5 nitrogen and oxygen atoms in total. The molecule has 0 bridgehead atoms. The van der Waals surface area contributed by atoms with Gasteiger partial charge in [0.15, 0.2) is 0 Å². The number of hydrogen-bond donors (Lipinski definition) is 1. The predicted molar refractivity (Wildman–Crippen MR) is 69.2 cm³/mol. The standard InChI is InChI=1S/C14H15F2N3O2/c1-8-17-18-14(21-8)7-19-6-10(20)5-13(19)11-4-9(15)2-3-12(11)16/h2-4,10,13,20H,5-7H2,1H3/t10-,13+/m0/s1. The molecule has 0 radical (unpaired) electrons. The second-order valence-corrected chi connectivity index (χ2v) is 5.22. The average Bonchev–Trinajstić information content (AvgIpc) is 2.99. The lowest BCUT2D eigenvalue weighted by Crippen LogP contribution is -2.25. The summed E-state index contributed by atoms with van der Waals surface area (Å²) >= 11 is 0. The number of benzene rings is 1. The highest BCUT2D eigenvalue weighted by molar-refractivity contribution is 5.24. The highest BCUT2D eigenvalue weighted by Crippen LogP contribution is 2.34. The van der Waals surface area contributed by atoms with Gasteiger partial charge in [0, 0.05) is 25.1 Å². The number of halogens is 2. The molecule has 1 saturated heterocycles. The van der Waals surface area contributed by atoms with Gasteiger partial charge >= 0.3 is 0 Å². The smallest absolute Gasteiger partial charge is 0.230 e. The van der Waals surface area contributed by atoms with Crippen LogP contribution in [-0.4, -0.2) is 32.9 Å². The average molecular weight is 295 g/mol. The molecule has 1 fully saturated rings. The lowest BCUT2D eigenvalue weighted by Gasteiger charge is -2.23. The molecule has 3 rings (SSSR count). The van der Waals surface area contributed by atoms with Gasteiger partial charge in [-0.05, 0) is 24.6 Å². The highest BCUT2D eigenvalue weighted by Gasteiger charge is 2.34. The lowest BCUT2D eigenvalue weighted by molar-refractivity contribution is 0.166. The van der Waals surface area contributed by atoms with Gasteiger partial charge in [0.2, 0.25) is 11.8 Å². The third-order valence-corrected chi connectivity index (χ3v) is 3.60. The van der Waals surface area contributed by atoms with Crippen molar-refractivity contribution in [2.45, 2.75) is 32.0 Å². The number of rotatable bonds is 3. The van der Waals surface area contributed by atoms with Crippen LogP contribution in [0.25, 0.3) is 0 Å². The summed E-state index contributed by atoms with van der Waals surface area (Å²) in [5.41, 5.74) is 0.239. The Bertz CT molecular complexity index is 647. The summed E-state index contributed by atoms with van der Waals surface area (Å²) in [6, 6.07) is 2.94. The normalized spacial score (nSPS) is 22.9. The lowest BCUT2D eigenvalue weighted by atomic mass is 10.0. The van der Waals surface area contributed by atoms with Crippen molar-refractivity contribution >= 4 is 0 Å². The Hall–Kier alpha value is -1.86. The summed E-state index contributed by atoms with van der Waals surface area (Å²) in [6.45, 7) is 2.32. The van der Waals surface area contributed by atoms with Crippen LogP contribution in [0.15, 0.2) is 22.6 Å². The van der Waals surface area contributed by atoms with Crippen LogP contribution in [0.3, 0.4) is 0 Å². The van der Waals surface area contributed by atoms with Gasteiger partial charge in [-0.15, -0.1) is 10.2 Å². The zero-order valence-corrected chi connectivity index (χ0v) is 11.5. The van der Waals surface area contributed by atoms with Gasteiger partial charge in [-0.25, -0.2) is 8.78 Å². The maximum atomic E-state index is 13.9. The summed E-state index contributed by atoms with van der Waals surface area (Å²) in [6.07, 6.45) is -0.255. The van der Waals surface area contributed by atoms with E-state index in [2.05, 4.69) is 10.2 Å². The summed E-state index contributed by atoms with van der Waals surface area (Å²) in [5, 5.41) is 17.5. The minimum absolute atomic E-state index is 0.239. The number of nitrogens with zero attached hydrogens (tertiary/aromatic N) is 3. The zero-order chi connectivity index (χ0) is 15.0. The molecule has 7 heteroatoms. The van der Waals surface area contributed by atoms with Gasteiger partial charge in [-0.1, -0.05) is 0 Å². The second kappa shape index (κ2) is 5.50. The van der Waals surface area contributed by atoms with Crippen LogP contribution in [0.4, 0.5) is 8.78 Å². The molecule has 2 atom stereocenters. The van der Waals surface area contributed by atoms with E-state index in [4.69, 9.17) is 4.42 Å². The van der Waals surface area contributed by atoms with E-state index in [9.17, 15) is 13.9 Å². The molecule has 0 saturated carbocycles. The van der Waals surface area contributed by atoms with E-state index < -0.39 is 23.8 Å². The number of aryl methyl sites for hydroxylation is 1. The largest absolute Gasteiger partial charge is 0.424 e. The first kappa shape index (κ1) is 14.1. The summed E-state index contributed by atoms with van der Waals surface area (Å²) in [4.78, 5) is 1.81. The zero-order valence-electron chi connectivity index (χ0n) is 11.5. The summed E-state index contributed by atoms with van der Waals surface area (Å²) in [5.74, 6) is -0.148. The fourth-order valence-electron chi connectivity index (χ4n) is 2.72. The summed E-state index contributed by atoms with van der Waals surface area (Å²) < 4.78 is 32.6. The predicted octanol–water partition coefficient (Wildman–Crippen LogP) is 1.96. The molecule has 1 aliphatic heterocycles. The van der Waals surface area contributed by atoms with E-state index >= 15 is 0 Å². The van der Waals surface area contributed by atoms with Crippen LogP contribution in [0, 0.1) is 18.6 Å². The highest BCUT2D eigenvalue weighted by atomic mass is 19.1. The third kappa shape index (κ3) is 2.93. The van der Waals surface area contributed by atoms with E-state index in [1.807, 2.05) is 4.90 Å².